The van der Waals surface area contributed by atoms with Gasteiger partial charge in [0, 0.05) is 10.0 Å². The van der Waals surface area contributed by atoms with Crippen LogP contribution < -0.4 is 11.2 Å². The molecule has 1 heterocycles. The second-order valence-corrected chi connectivity index (χ2v) is 7.13. The highest BCUT2D eigenvalue weighted by molar-refractivity contribution is 6.32. The largest absolute Gasteiger partial charge is 0.349 e. The molecular weight excluding hydrogens is 399 g/mol. The molecule has 0 saturated heterocycles. The van der Waals surface area contributed by atoms with Crippen LogP contribution in [0.15, 0.2) is 58.3 Å². The van der Waals surface area contributed by atoms with Crippen LogP contribution in [0.1, 0.15) is 30.9 Å². The lowest BCUT2D eigenvalue weighted by molar-refractivity contribution is 0.582. The summed E-state index contributed by atoms with van der Waals surface area (Å²) in [4.78, 5) is 25.3. The van der Waals surface area contributed by atoms with Crippen LogP contribution in [0.25, 0.3) is 5.69 Å². The van der Waals surface area contributed by atoms with Crippen molar-refractivity contribution in [2.75, 3.05) is 0 Å². The molecule has 3 rings (SSSR count). The molecule has 0 radical (unpaired) electrons. The van der Waals surface area contributed by atoms with Gasteiger partial charge in [-0.2, -0.15) is 15.0 Å². The molecule has 142 valence electrons. The lowest BCUT2D eigenvalue weighted by Gasteiger charge is -2.29. The van der Waals surface area contributed by atoms with E-state index in [4.69, 9.17) is 23.2 Å². The molecule has 0 spiro atoms. The topological polar surface area (TPSA) is 91.5 Å². The maximum Gasteiger partial charge on any atom is 0.349 e. The summed E-state index contributed by atoms with van der Waals surface area (Å²) in [5, 5.41) is 14.9. The van der Waals surface area contributed by atoms with Gasteiger partial charge >= 0.3 is 5.69 Å². The van der Waals surface area contributed by atoms with E-state index in [2.05, 4.69) is 16.2 Å². The second-order valence-electron chi connectivity index (χ2n) is 6.29. The van der Waals surface area contributed by atoms with Gasteiger partial charge in [0.05, 0.1) is 11.8 Å². The molecule has 0 aliphatic heterocycles. The molecule has 6 nitrogen and oxygen atoms in total. The van der Waals surface area contributed by atoms with E-state index in [1.165, 1.54) is 0 Å². The zero-order chi connectivity index (χ0) is 20.3. The van der Waals surface area contributed by atoms with Crippen molar-refractivity contribution in [1.82, 2.24) is 14.8 Å². The van der Waals surface area contributed by atoms with E-state index >= 15 is 0 Å². The molecule has 0 bridgehead atoms. The molecule has 1 unspecified atom stereocenters. The number of nitrogens with zero attached hydrogens (tertiary/aromatic N) is 3. The van der Waals surface area contributed by atoms with Crippen molar-refractivity contribution < 1.29 is 0 Å². The Morgan fingerprint density at radius 3 is 2.46 bits per heavy atom. The summed E-state index contributed by atoms with van der Waals surface area (Å²) in [7, 11) is 0. The van der Waals surface area contributed by atoms with Gasteiger partial charge in [-0.1, -0.05) is 54.7 Å². The van der Waals surface area contributed by atoms with Crippen molar-refractivity contribution in [3.63, 3.8) is 0 Å². The third-order valence-electron chi connectivity index (χ3n) is 4.52. The molecule has 3 aromatic rings. The van der Waals surface area contributed by atoms with Crippen molar-refractivity contribution in [3.05, 3.63) is 90.7 Å². The molecule has 0 fully saturated rings. The normalized spacial score (nSPS) is 12.9. The van der Waals surface area contributed by atoms with Crippen LogP contribution in [0.3, 0.4) is 0 Å². The highest BCUT2D eigenvalue weighted by Gasteiger charge is 2.35. The molecule has 1 aromatic heterocycles. The highest BCUT2D eigenvalue weighted by Crippen LogP contribution is 2.40. The Bertz CT molecular complexity index is 1160. The number of aromatic amines is 1. The van der Waals surface area contributed by atoms with Gasteiger partial charge < -0.3 is 0 Å². The van der Waals surface area contributed by atoms with E-state index in [0.717, 1.165) is 22.9 Å². The van der Waals surface area contributed by atoms with Crippen molar-refractivity contribution >= 4 is 23.2 Å². The molecule has 1 atom stereocenters. The standard InChI is InChI=1S/C20H16Cl2N4O2/c1-2-9-20(12-23,13-3-5-14(21)6-4-13)16-8-7-15(10-17(16)22)26-19(28)25-18(27)11-24-26/h3-8,10-11H,2,9H2,1H3,(H,25,27,28). The Morgan fingerprint density at radius 2 is 1.89 bits per heavy atom. The summed E-state index contributed by atoms with van der Waals surface area (Å²) >= 11 is 12.6. The maximum absolute atomic E-state index is 12.0. The first-order valence-electron chi connectivity index (χ1n) is 8.57. The number of aromatic nitrogens is 3. The Balaban J connectivity index is 2.17. The van der Waals surface area contributed by atoms with Gasteiger partial charge in [0.25, 0.3) is 5.56 Å². The van der Waals surface area contributed by atoms with E-state index in [0.29, 0.717) is 27.7 Å². The van der Waals surface area contributed by atoms with E-state index < -0.39 is 16.7 Å². The third-order valence-corrected chi connectivity index (χ3v) is 5.09. The number of H-pyrrole nitrogens is 1. The molecule has 28 heavy (non-hydrogen) atoms. The Hall–Kier alpha value is -2.88. The fraction of sp³-hybridized carbons (Fsp3) is 0.200. The highest BCUT2D eigenvalue weighted by atomic mass is 35.5. The fourth-order valence-electron chi connectivity index (χ4n) is 3.24. The maximum atomic E-state index is 12.0. The van der Waals surface area contributed by atoms with Gasteiger partial charge in [0.2, 0.25) is 0 Å². The zero-order valence-electron chi connectivity index (χ0n) is 14.9. The summed E-state index contributed by atoms with van der Waals surface area (Å²) in [6, 6.07) is 14.5. The number of nitriles is 1. The van der Waals surface area contributed by atoms with Crippen LogP contribution in [-0.2, 0) is 5.41 Å². The van der Waals surface area contributed by atoms with Crippen LogP contribution in [0, 0.1) is 11.3 Å². The van der Waals surface area contributed by atoms with E-state index in [1.807, 2.05) is 19.1 Å². The average molecular weight is 415 g/mol. The summed E-state index contributed by atoms with van der Waals surface area (Å²) < 4.78 is 1.03. The Morgan fingerprint density at radius 1 is 1.18 bits per heavy atom. The lowest BCUT2D eigenvalue weighted by atomic mass is 9.72. The van der Waals surface area contributed by atoms with Gasteiger partial charge in [0.15, 0.2) is 0 Å². The first-order valence-corrected chi connectivity index (χ1v) is 9.33. The number of hydrogen-bond acceptors (Lipinski definition) is 4. The number of nitrogens with one attached hydrogen (secondary N) is 1. The van der Waals surface area contributed by atoms with Crippen molar-refractivity contribution in [2.24, 2.45) is 0 Å². The minimum Gasteiger partial charge on any atom is -0.271 e. The summed E-state index contributed by atoms with van der Waals surface area (Å²) in [5.74, 6) is 0. The SMILES string of the molecule is CCCC(C#N)(c1ccc(Cl)cc1)c1ccc(-n2ncc(=O)[nH]c2=O)cc1Cl. The van der Waals surface area contributed by atoms with Gasteiger partial charge in [-0.25, -0.2) is 4.79 Å². The molecule has 0 aliphatic rings. The Kier molecular flexibility index (Phi) is 5.68. The number of benzene rings is 2. The fourth-order valence-corrected chi connectivity index (χ4v) is 3.71. The van der Waals surface area contributed by atoms with E-state index in [-0.39, 0.29) is 0 Å². The molecular formula is C20H16Cl2N4O2. The smallest absolute Gasteiger partial charge is 0.271 e. The third kappa shape index (κ3) is 3.59. The lowest BCUT2D eigenvalue weighted by Crippen LogP contribution is -2.30. The van der Waals surface area contributed by atoms with Crippen LogP contribution in [0.4, 0.5) is 0 Å². The second kappa shape index (κ2) is 8.01. The van der Waals surface area contributed by atoms with Crippen molar-refractivity contribution in [2.45, 2.75) is 25.2 Å². The summed E-state index contributed by atoms with van der Waals surface area (Å²) in [6.45, 7) is 1.99. The van der Waals surface area contributed by atoms with Gasteiger partial charge in [0.1, 0.15) is 11.6 Å². The molecule has 0 amide bonds. The summed E-state index contributed by atoms with van der Waals surface area (Å²) in [5.41, 5.74) is -0.419. The number of hydrogen-bond donors (Lipinski definition) is 1. The predicted octanol–water partition coefficient (Wildman–Crippen LogP) is 3.84. The minimum absolute atomic E-state index is 0.322. The van der Waals surface area contributed by atoms with Crippen LogP contribution >= 0.6 is 23.2 Å². The summed E-state index contributed by atoms with van der Waals surface area (Å²) in [6.07, 6.45) is 2.32. The monoisotopic (exact) mass is 414 g/mol. The van der Waals surface area contributed by atoms with E-state index in [1.54, 1.807) is 30.3 Å². The predicted molar refractivity (Wildman–Crippen MR) is 108 cm³/mol. The van der Waals surface area contributed by atoms with Crippen LogP contribution in [-0.4, -0.2) is 14.8 Å². The van der Waals surface area contributed by atoms with Gasteiger partial charge in [-0.05, 0) is 41.8 Å². The Labute approximate surface area is 171 Å². The van der Waals surface area contributed by atoms with Crippen molar-refractivity contribution in [1.29, 1.82) is 5.26 Å². The molecule has 0 saturated carbocycles. The van der Waals surface area contributed by atoms with Crippen LogP contribution in [0.2, 0.25) is 10.0 Å². The van der Waals surface area contributed by atoms with Gasteiger partial charge in [-0.3, -0.25) is 9.78 Å². The molecule has 1 N–H and O–H groups in total. The molecule has 2 aromatic carbocycles. The zero-order valence-corrected chi connectivity index (χ0v) is 16.5. The van der Waals surface area contributed by atoms with Gasteiger partial charge in [-0.15, -0.1) is 0 Å². The van der Waals surface area contributed by atoms with E-state index in [9.17, 15) is 14.9 Å². The first kappa shape index (κ1) is 19.9. The first-order chi connectivity index (χ1) is 13.4. The number of halogens is 2. The minimum atomic E-state index is -0.960. The quantitative estimate of drug-likeness (QED) is 0.686. The van der Waals surface area contributed by atoms with Crippen molar-refractivity contribution in [3.8, 4) is 11.8 Å². The number of rotatable bonds is 5. The molecule has 0 aliphatic carbocycles. The van der Waals surface area contributed by atoms with Crippen LogP contribution in [0.5, 0.6) is 0 Å². The molecule has 8 heteroatoms. The average Bonchev–Trinajstić information content (AvgIpc) is 2.67.